The van der Waals surface area contributed by atoms with Crippen molar-refractivity contribution in [1.29, 1.82) is 0 Å². The van der Waals surface area contributed by atoms with Gasteiger partial charge in [0.15, 0.2) is 17.0 Å². The number of carbonyl (C=O) groups excluding carboxylic acids is 3. The molecule has 0 spiro atoms. The number of anilines is 1. The number of esters is 1. The molecule has 0 saturated heterocycles. The van der Waals surface area contributed by atoms with E-state index in [9.17, 15) is 14.4 Å². The number of aromatic nitrogens is 1. The van der Waals surface area contributed by atoms with Crippen molar-refractivity contribution in [3.63, 3.8) is 0 Å². The van der Waals surface area contributed by atoms with Gasteiger partial charge in [0.25, 0.3) is 5.91 Å². The lowest BCUT2D eigenvalue weighted by Gasteiger charge is -2.13. The number of rotatable bonds is 3. The van der Waals surface area contributed by atoms with E-state index in [1.807, 2.05) is 0 Å². The second kappa shape index (κ2) is 6.79. The largest absolute Gasteiger partial charge is 0.448 e. The molecular formula is C10H9Cl3N4O4. The minimum Gasteiger partial charge on any atom is -0.448 e. The molecule has 0 unspecified atom stereocenters. The van der Waals surface area contributed by atoms with Gasteiger partial charge in [0.1, 0.15) is 5.02 Å². The molecule has 21 heavy (non-hydrogen) atoms. The maximum Gasteiger partial charge on any atom is 0.359 e. The Kier molecular flexibility index (Phi) is 5.59. The van der Waals surface area contributed by atoms with Gasteiger partial charge in [0, 0.05) is 0 Å². The first-order valence-corrected chi connectivity index (χ1v) is 6.39. The van der Waals surface area contributed by atoms with Crippen LogP contribution in [0.25, 0.3) is 0 Å². The van der Waals surface area contributed by atoms with Crippen LogP contribution in [0.2, 0.25) is 15.2 Å². The molecule has 3 amide bonds. The average molecular weight is 356 g/mol. The van der Waals surface area contributed by atoms with Crippen molar-refractivity contribution < 1.29 is 19.1 Å². The molecule has 1 heterocycles. The molecule has 114 valence electrons. The van der Waals surface area contributed by atoms with Crippen LogP contribution in [0.3, 0.4) is 0 Å². The van der Waals surface area contributed by atoms with Crippen LogP contribution in [0, 0.1) is 0 Å². The lowest BCUT2D eigenvalue weighted by Crippen LogP contribution is -2.42. The standard InChI is InChI=1S/C10H9Cl3N4O4/c1-2(8(18)17-10(15)20)21-9(19)6-3(11)5(14)4(12)7(13)16-6/h2H,1H3,(H2,14,16)(H3,15,17,18,20)/t2-/m0/s1. The van der Waals surface area contributed by atoms with E-state index in [1.165, 1.54) is 6.92 Å². The summed E-state index contributed by atoms with van der Waals surface area (Å²) in [5, 5.41) is 1.11. The Morgan fingerprint density at radius 2 is 1.81 bits per heavy atom. The number of hydrogen-bond donors (Lipinski definition) is 3. The molecule has 0 aliphatic carbocycles. The SMILES string of the molecule is C[C@H](OC(=O)c1nc(Cl)c(Cl)c(N)c1Cl)C(=O)NC(N)=O. The molecule has 1 atom stereocenters. The Morgan fingerprint density at radius 3 is 2.33 bits per heavy atom. The van der Waals surface area contributed by atoms with E-state index in [-0.39, 0.29) is 20.9 Å². The minimum absolute atomic E-state index is 0.113. The lowest BCUT2D eigenvalue weighted by molar-refractivity contribution is -0.127. The Labute approximate surface area is 133 Å². The van der Waals surface area contributed by atoms with Crippen LogP contribution in [-0.4, -0.2) is 29.0 Å². The van der Waals surface area contributed by atoms with Crippen LogP contribution in [0.4, 0.5) is 10.5 Å². The predicted octanol–water partition coefficient (Wildman–Crippen LogP) is 1.36. The minimum atomic E-state index is -1.32. The van der Waals surface area contributed by atoms with Crippen LogP contribution in [0.5, 0.6) is 0 Å². The summed E-state index contributed by atoms with van der Waals surface area (Å²) in [7, 11) is 0. The number of nitrogen functional groups attached to an aromatic ring is 1. The van der Waals surface area contributed by atoms with Crippen molar-refractivity contribution in [3.05, 3.63) is 20.9 Å². The number of carbonyl (C=O) groups is 3. The highest BCUT2D eigenvalue weighted by Crippen LogP contribution is 2.34. The predicted molar refractivity (Wildman–Crippen MR) is 76.3 cm³/mol. The molecule has 0 aliphatic heterocycles. The molecule has 0 bridgehead atoms. The quantitative estimate of drug-likeness (QED) is 0.553. The van der Waals surface area contributed by atoms with Crippen molar-refractivity contribution >= 4 is 58.4 Å². The maximum atomic E-state index is 11.9. The molecule has 8 nitrogen and oxygen atoms in total. The van der Waals surface area contributed by atoms with Crippen molar-refractivity contribution in [2.24, 2.45) is 5.73 Å². The van der Waals surface area contributed by atoms with Crippen LogP contribution < -0.4 is 16.8 Å². The zero-order chi connectivity index (χ0) is 16.3. The number of primary amides is 1. The van der Waals surface area contributed by atoms with Gasteiger partial charge in [-0.3, -0.25) is 10.1 Å². The first-order valence-electron chi connectivity index (χ1n) is 5.26. The summed E-state index contributed by atoms with van der Waals surface area (Å²) in [5.41, 5.74) is 9.73. The highest BCUT2D eigenvalue weighted by atomic mass is 35.5. The monoisotopic (exact) mass is 354 g/mol. The van der Waals surface area contributed by atoms with E-state index in [0.717, 1.165) is 0 Å². The highest BCUT2D eigenvalue weighted by molar-refractivity contribution is 6.46. The van der Waals surface area contributed by atoms with Crippen molar-refractivity contribution in [1.82, 2.24) is 10.3 Å². The number of ether oxygens (including phenoxy) is 1. The number of nitrogens with zero attached hydrogens (tertiary/aromatic N) is 1. The first kappa shape index (κ1) is 17.3. The van der Waals surface area contributed by atoms with Crippen LogP contribution in [0.1, 0.15) is 17.4 Å². The van der Waals surface area contributed by atoms with Gasteiger partial charge < -0.3 is 16.2 Å². The van der Waals surface area contributed by atoms with Gasteiger partial charge in [-0.2, -0.15) is 0 Å². The van der Waals surface area contributed by atoms with Crippen molar-refractivity contribution in [2.45, 2.75) is 13.0 Å². The molecular weight excluding hydrogens is 346 g/mol. The smallest absolute Gasteiger partial charge is 0.359 e. The zero-order valence-corrected chi connectivity index (χ0v) is 12.7. The average Bonchev–Trinajstić information content (AvgIpc) is 2.39. The third-order valence-electron chi connectivity index (χ3n) is 2.16. The second-order valence-electron chi connectivity index (χ2n) is 3.69. The number of imide groups is 1. The summed E-state index contributed by atoms with van der Waals surface area (Å²) in [6.45, 7) is 1.21. The number of nitrogens with one attached hydrogen (secondary N) is 1. The normalized spacial score (nSPS) is 11.6. The van der Waals surface area contributed by atoms with Gasteiger partial charge in [0.05, 0.1) is 10.7 Å². The Bertz CT molecular complexity index is 623. The summed E-state index contributed by atoms with van der Waals surface area (Å²) in [6.07, 6.45) is -1.32. The number of urea groups is 1. The van der Waals surface area contributed by atoms with Gasteiger partial charge in [-0.15, -0.1) is 0 Å². The number of amides is 3. The van der Waals surface area contributed by atoms with Crippen molar-refractivity contribution in [3.8, 4) is 0 Å². The molecule has 5 N–H and O–H groups in total. The lowest BCUT2D eigenvalue weighted by atomic mass is 10.3. The van der Waals surface area contributed by atoms with Gasteiger partial charge in [0.2, 0.25) is 0 Å². The van der Waals surface area contributed by atoms with Crippen molar-refractivity contribution in [2.75, 3.05) is 5.73 Å². The Hall–Kier alpha value is -1.77. The van der Waals surface area contributed by atoms with Gasteiger partial charge in [-0.05, 0) is 6.92 Å². The molecule has 0 aliphatic rings. The topological polar surface area (TPSA) is 137 Å². The third kappa shape index (κ3) is 4.10. The highest BCUT2D eigenvalue weighted by Gasteiger charge is 2.25. The molecule has 11 heteroatoms. The van der Waals surface area contributed by atoms with E-state index < -0.39 is 29.7 Å². The number of halogens is 3. The summed E-state index contributed by atoms with van der Waals surface area (Å²) >= 11 is 17.2. The summed E-state index contributed by atoms with van der Waals surface area (Å²) in [4.78, 5) is 37.4. The Balaban J connectivity index is 2.95. The fourth-order valence-electron chi connectivity index (χ4n) is 1.16. The first-order chi connectivity index (χ1) is 9.65. The molecule has 0 radical (unpaired) electrons. The summed E-state index contributed by atoms with van der Waals surface area (Å²) in [5.74, 6) is -1.99. The van der Waals surface area contributed by atoms with Crippen LogP contribution in [-0.2, 0) is 9.53 Å². The third-order valence-corrected chi connectivity index (χ3v) is 3.30. The molecule has 1 aromatic heterocycles. The summed E-state index contributed by atoms with van der Waals surface area (Å²) in [6, 6.07) is -1.09. The maximum absolute atomic E-state index is 11.9. The van der Waals surface area contributed by atoms with Crippen LogP contribution in [0.15, 0.2) is 0 Å². The molecule has 0 fully saturated rings. The zero-order valence-electron chi connectivity index (χ0n) is 10.4. The van der Waals surface area contributed by atoms with E-state index in [4.69, 9.17) is 51.0 Å². The molecule has 1 rings (SSSR count). The number of hydrogen-bond acceptors (Lipinski definition) is 6. The fourth-order valence-corrected chi connectivity index (χ4v) is 1.74. The van der Waals surface area contributed by atoms with E-state index >= 15 is 0 Å². The van der Waals surface area contributed by atoms with E-state index in [1.54, 1.807) is 5.32 Å². The molecule has 1 aromatic rings. The van der Waals surface area contributed by atoms with Crippen LogP contribution >= 0.6 is 34.8 Å². The van der Waals surface area contributed by atoms with E-state index in [2.05, 4.69) is 4.98 Å². The van der Waals surface area contributed by atoms with Gasteiger partial charge in [-0.1, -0.05) is 34.8 Å². The van der Waals surface area contributed by atoms with Gasteiger partial charge >= 0.3 is 12.0 Å². The molecule has 0 aromatic carbocycles. The van der Waals surface area contributed by atoms with Gasteiger partial charge in [-0.25, -0.2) is 14.6 Å². The molecule has 0 saturated carbocycles. The fraction of sp³-hybridized carbons (Fsp3) is 0.200. The number of pyridine rings is 1. The number of nitrogens with two attached hydrogens (primary N) is 2. The second-order valence-corrected chi connectivity index (χ2v) is 4.81. The Morgan fingerprint density at radius 1 is 1.24 bits per heavy atom. The van der Waals surface area contributed by atoms with E-state index in [0.29, 0.717) is 0 Å². The summed E-state index contributed by atoms with van der Waals surface area (Å²) < 4.78 is 4.77.